The minimum Gasteiger partial charge on any atom is -0.270 e. The Morgan fingerprint density at radius 2 is 1.91 bits per heavy atom. The third kappa shape index (κ3) is 3.72. The molecular formula is C7H16O3S. The van der Waals surface area contributed by atoms with Gasteiger partial charge in [-0.15, -0.1) is 0 Å². The predicted octanol–water partition coefficient (Wildman–Crippen LogP) is 1.54. The second-order valence-electron chi connectivity index (χ2n) is 2.53. The third-order valence-electron chi connectivity index (χ3n) is 1.52. The van der Waals surface area contributed by atoms with Crippen LogP contribution >= 0.6 is 0 Å². The van der Waals surface area contributed by atoms with Gasteiger partial charge in [-0.3, -0.25) is 4.18 Å². The second-order valence-corrected chi connectivity index (χ2v) is 4.56. The molecule has 0 saturated carbocycles. The van der Waals surface area contributed by atoms with Gasteiger partial charge in [-0.05, 0) is 19.8 Å². The van der Waals surface area contributed by atoms with Gasteiger partial charge in [0.1, 0.15) is 0 Å². The number of hydrogen-bond acceptors (Lipinski definition) is 3. The monoisotopic (exact) mass is 180 g/mol. The van der Waals surface area contributed by atoms with Crippen molar-refractivity contribution >= 4 is 10.1 Å². The first kappa shape index (κ1) is 10.9. The van der Waals surface area contributed by atoms with Crippen molar-refractivity contribution in [3.63, 3.8) is 0 Å². The largest absolute Gasteiger partial charge is 0.270 e. The highest BCUT2D eigenvalue weighted by Crippen LogP contribution is 2.07. The molecule has 0 radical (unpaired) electrons. The van der Waals surface area contributed by atoms with Crippen LogP contribution in [0.15, 0.2) is 0 Å². The van der Waals surface area contributed by atoms with E-state index in [1.165, 1.54) is 0 Å². The Balaban J connectivity index is 4.01. The standard InChI is InChI=1S/C7H16O3S/c1-4-6-10-11(8,9)7(3)5-2/h7H,4-6H2,1-3H3. The van der Waals surface area contributed by atoms with Crippen LogP contribution in [0.5, 0.6) is 0 Å². The molecule has 4 heteroatoms. The van der Waals surface area contributed by atoms with Crippen LogP contribution in [0.3, 0.4) is 0 Å². The van der Waals surface area contributed by atoms with E-state index in [9.17, 15) is 8.42 Å². The van der Waals surface area contributed by atoms with E-state index in [4.69, 9.17) is 4.18 Å². The molecule has 0 aliphatic rings. The highest BCUT2D eigenvalue weighted by atomic mass is 32.2. The van der Waals surface area contributed by atoms with Crippen molar-refractivity contribution in [2.24, 2.45) is 0 Å². The fourth-order valence-corrected chi connectivity index (χ4v) is 1.56. The molecule has 1 atom stereocenters. The summed E-state index contributed by atoms with van der Waals surface area (Å²) in [6, 6.07) is 0. The Hall–Kier alpha value is -0.0900. The van der Waals surface area contributed by atoms with E-state index >= 15 is 0 Å². The molecule has 0 amide bonds. The van der Waals surface area contributed by atoms with E-state index < -0.39 is 10.1 Å². The van der Waals surface area contributed by atoms with Gasteiger partial charge in [0.25, 0.3) is 10.1 Å². The average Bonchev–Trinajstić information content (AvgIpc) is 1.99. The van der Waals surface area contributed by atoms with Gasteiger partial charge in [0.2, 0.25) is 0 Å². The normalized spacial score (nSPS) is 14.8. The van der Waals surface area contributed by atoms with E-state index in [-0.39, 0.29) is 5.25 Å². The molecule has 0 saturated heterocycles. The second kappa shape index (κ2) is 4.72. The zero-order valence-electron chi connectivity index (χ0n) is 7.33. The van der Waals surface area contributed by atoms with E-state index in [1.807, 2.05) is 13.8 Å². The maximum absolute atomic E-state index is 11.1. The molecule has 0 aromatic rings. The first-order valence-corrected chi connectivity index (χ1v) is 5.40. The Morgan fingerprint density at radius 3 is 2.27 bits per heavy atom. The van der Waals surface area contributed by atoms with Crippen LogP contribution in [-0.4, -0.2) is 20.3 Å². The summed E-state index contributed by atoms with van der Waals surface area (Å²) in [7, 11) is -3.27. The minimum atomic E-state index is -3.27. The van der Waals surface area contributed by atoms with Crippen LogP contribution in [-0.2, 0) is 14.3 Å². The molecule has 0 aromatic heterocycles. The summed E-state index contributed by atoms with van der Waals surface area (Å²) in [4.78, 5) is 0. The van der Waals surface area contributed by atoms with E-state index in [0.717, 1.165) is 6.42 Å². The molecule has 0 aromatic carbocycles. The van der Waals surface area contributed by atoms with Gasteiger partial charge in [0.05, 0.1) is 11.9 Å². The summed E-state index contributed by atoms with van der Waals surface area (Å²) >= 11 is 0. The van der Waals surface area contributed by atoms with Crippen LogP contribution in [0.25, 0.3) is 0 Å². The summed E-state index contributed by atoms with van der Waals surface area (Å²) < 4.78 is 26.9. The molecule has 0 aliphatic carbocycles. The van der Waals surface area contributed by atoms with Gasteiger partial charge >= 0.3 is 0 Å². The van der Waals surface area contributed by atoms with Gasteiger partial charge in [0.15, 0.2) is 0 Å². The minimum absolute atomic E-state index is 0.298. The van der Waals surface area contributed by atoms with Crippen molar-refractivity contribution in [1.82, 2.24) is 0 Å². The SMILES string of the molecule is CCCOS(=O)(=O)C(C)CC. The molecule has 68 valence electrons. The van der Waals surface area contributed by atoms with Gasteiger partial charge in [-0.1, -0.05) is 13.8 Å². The van der Waals surface area contributed by atoms with Crippen LogP contribution < -0.4 is 0 Å². The van der Waals surface area contributed by atoms with Crippen molar-refractivity contribution in [2.75, 3.05) is 6.61 Å². The molecule has 0 aliphatic heterocycles. The van der Waals surface area contributed by atoms with Gasteiger partial charge in [0, 0.05) is 0 Å². The van der Waals surface area contributed by atoms with Gasteiger partial charge in [-0.25, -0.2) is 0 Å². The molecular weight excluding hydrogens is 164 g/mol. The smallest absolute Gasteiger partial charge is 0.269 e. The summed E-state index contributed by atoms with van der Waals surface area (Å²) in [6.07, 6.45) is 1.34. The zero-order chi connectivity index (χ0) is 8.91. The summed E-state index contributed by atoms with van der Waals surface area (Å²) in [5.74, 6) is 0. The Labute approximate surface area is 68.9 Å². The van der Waals surface area contributed by atoms with Crippen LogP contribution in [0, 0.1) is 0 Å². The van der Waals surface area contributed by atoms with Crippen LogP contribution in [0.1, 0.15) is 33.6 Å². The molecule has 0 N–H and O–H groups in total. The van der Waals surface area contributed by atoms with Crippen molar-refractivity contribution in [1.29, 1.82) is 0 Å². The maximum Gasteiger partial charge on any atom is 0.269 e. The summed E-state index contributed by atoms with van der Waals surface area (Å²) in [5, 5.41) is -0.381. The molecule has 1 unspecified atom stereocenters. The van der Waals surface area contributed by atoms with E-state index in [2.05, 4.69) is 0 Å². The first-order valence-electron chi connectivity index (χ1n) is 3.92. The lowest BCUT2D eigenvalue weighted by molar-refractivity contribution is 0.312. The average molecular weight is 180 g/mol. The molecule has 0 heterocycles. The van der Waals surface area contributed by atoms with E-state index in [1.54, 1.807) is 6.92 Å². The third-order valence-corrected chi connectivity index (χ3v) is 3.33. The lowest BCUT2D eigenvalue weighted by atomic mass is 10.4. The summed E-state index contributed by atoms with van der Waals surface area (Å²) in [6.45, 7) is 5.67. The fraction of sp³-hybridized carbons (Fsp3) is 1.00. The van der Waals surface area contributed by atoms with Gasteiger partial charge < -0.3 is 0 Å². The Kier molecular flexibility index (Phi) is 4.68. The Bertz CT molecular complexity index is 184. The van der Waals surface area contributed by atoms with Crippen molar-refractivity contribution < 1.29 is 12.6 Å². The fourth-order valence-electron chi connectivity index (χ4n) is 0.520. The van der Waals surface area contributed by atoms with Crippen LogP contribution in [0.4, 0.5) is 0 Å². The quantitative estimate of drug-likeness (QED) is 0.603. The van der Waals surface area contributed by atoms with Crippen LogP contribution in [0.2, 0.25) is 0 Å². The lowest BCUT2D eigenvalue weighted by Gasteiger charge is -2.09. The van der Waals surface area contributed by atoms with E-state index in [0.29, 0.717) is 13.0 Å². The molecule has 0 rings (SSSR count). The Morgan fingerprint density at radius 1 is 1.36 bits per heavy atom. The lowest BCUT2D eigenvalue weighted by Crippen LogP contribution is -2.19. The topological polar surface area (TPSA) is 43.4 Å². The molecule has 0 spiro atoms. The molecule has 0 fully saturated rings. The number of hydrogen-bond donors (Lipinski definition) is 0. The predicted molar refractivity (Wildman–Crippen MR) is 44.9 cm³/mol. The highest BCUT2D eigenvalue weighted by molar-refractivity contribution is 7.87. The number of rotatable bonds is 5. The maximum atomic E-state index is 11.1. The highest BCUT2D eigenvalue weighted by Gasteiger charge is 2.18. The summed E-state index contributed by atoms with van der Waals surface area (Å²) in [5.41, 5.74) is 0. The molecule has 3 nitrogen and oxygen atoms in total. The molecule has 0 bridgehead atoms. The van der Waals surface area contributed by atoms with Crippen molar-refractivity contribution in [3.05, 3.63) is 0 Å². The zero-order valence-corrected chi connectivity index (χ0v) is 8.15. The molecule has 11 heavy (non-hydrogen) atoms. The van der Waals surface area contributed by atoms with Crippen molar-refractivity contribution in [3.8, 4) is 0 Å². The van der Waals surface area contributed by atoms with Crippen molar-refractivity contribution in [2.45, 2.75) is 38.9 Å². The van der Waals surface area contributed by atoms with Gasteiger partial charge in [-0.2, -0.15) is 8.42 Å². The first-order chi connectivity index (χ1) is 5.04.